The first-order valence-corrected chi connectivity index (χ1v) is 6.85. The first kappa shape index (κ1) is 17.5. The zero-order valence-corrected chi connectivity index (χ0v) is 13.1. The molecule has 0 saturated heterocycles. The van der Waals surface area contributed by atoms with E-state index in [4.69, 9.17) is 5.73 Å². The summed E-state index contributed by atoms with van der Waals surface area (Å²) in [6, 6.07) is 6.94. The van der Waals surface area contributed by atoms with Crippen LogP contribution in [0.1, 0.15) is 37.0 Å². The summed E-state index contributed by atoms with van der Waals surface area (Å²) >= 11 is 0. The minimum absolute atomic E-state index is 0. The summed E-state index contributed by atoms with van der Waals surface area (Å²) in [5.74, 6) is -0.0172. The van der Waals surface area contributed by atoms with Crippen molar-refractivity contribution in [2.24, 2.45) is 11.7 Å². The molecule has 0 unspecified atom stereocenters. The molecule has 116 valence electrons. The Kier molecular flexibility index (Phi) is 5.75. The molecule has 1 aromatic rings. The van der Waals surface area contributed by atoms with E-state index in [9.17, 15) is 9.59 Å². The second-order valence-corrected chi connectivity index (χ2v) is 5.89. The number of carbonyl (C=O) groups is 2. The van der Waals surface area contributed by atoms with Gasteiger partial charge in [-0.3, -0.25) is 9.59 Å². The lowest BCUT2D eigenvalue weighted by Crippen LogP contribution is -2.48. The van der Waals surface area contributed by atoms with Crippen molar-refractivity contribution < 1.29 is 9.59 Å². The van der Waals surface area contributed by atoms with Crippen LogP contribution in [0, 0.1) is 5.92 Å². The Morgan fingerprint density at radius 2 is 2.00 bits per heavy atom. The highest BCUT2D eigenvalue weighted by molar-refractivity contribution is 5.98. The van der Waals surface area contributed by atoms with Crippen LogP contribution < -0.4 is 16.4 Å². The number of hydrogen-bond donors (Lipinski definition) is 3. The first-order valence-electron chi connectivity index (χ1n) is 6.85. The average molecular weight is 312 g/mol. The van der Waals surface area contributed by atoms with Crippen LogP contribution in [-0.2, 0) is 4.79 Å². The van der Waals surface area contributed by atoms with Crippen molar-refractivity contribution in [1.82, 2.24) is 5.32 Å². The van der Waals surface area contributed by atoms with Gasteiger partial charge in [0.15, 0.2) is 0 Å². The van der Waals surface area contributed by atoms with Gasteiger partial charge in [-0.15, -0.1) is 12.4 Å². The molecule has 0 atom stereocenters. The minimum Gasteiger partial charge on any atom is -0.346 e. The molecule has 1 fully saturated rings. The third-order valence-corrected chi connectivity index (χ3v) is 3.30. The van der Waals surface area contributed by atoms with Gasteiger partial charge in [0.25, 0.3) is 5.91 Å². The molecule has 2 amide bonds. The molecule has 1 aliphatic rings. The number of anilines is 1. The summed E-state index contributed by atoms with van der Waals surface area (Å²) < 4.78 is 0. The number of rotatable bonds is 5. The smallest absolute Gasteiger partial charge is 0.251 e. The number of hydrogen-bond acceptors (Lipinski definition) is 3. The molecule has 4 N–H and O–H groups in total. The van der Waals surface area contributed by atoms with Gasteiger partial charge >= 0.3 is 0 Å². The largest absolute Gasteiger partial charge is 0.346 e. The van der Waals surface area contributed by atoms with Crippen LogP contribution in [0.15, 0.2) is 24.3 Å². The van der Waals surface area contributed by atoms with Crippen LogP contribution in [0.4, 0.5) is 5.69 Å². The van der Waals surface area contributed by atoms with Crippen LogP contribution in [-0.4, -0.2) is 23.9 Å². The lowest BCUT2D eigenvalue weighted by atomic mass is 10.0. The van der Waals surface area contributed by atoms with E-state index in [0.29, 0.717) is 17.8 Å². The molecule has 0 aromatic heterocycles. The van der Waals surface area contributed by atoms with E-state index < -0.39 is 5.54 Å². The van der Waals surface area contributed by atoms with Crippen LogP contribution in [0.25, 0.3) is 0 Å². The molecular weight excluding hydrogens is 290 g/mol. The van der Waals surface area contributed by atoms with Crippen molar-refractivity contribution in [2.45, 2.75) is 32.2 Å². The molecule has 1 aromatic carbocycles. The molecule has 0 radical (unpaired) electrons. The normalized spacial score (nSPS) is 14.0. The van der Waals surface area contributed by atoms with Crippen LogP contribution >= 0.6 is 12.4 Å². The summed E-state index contributed by atoms with van der Waals surface area (Å²) in [6.07, 6.45) is 1.91. The van der Waals surface area contributed by atoms with Crippen molar-refractivity contribution in [1.29, 1.82) is 0 Å². The molecule has 0 bridgehead atoms. The van der Waals surface area contributed by atoms with Crippen LogP contribution in [0.2, 0.25) is 0 Å². The molecule has 1 saturated carbocycles. The predicted molar refractivity (Wildman–Crippen MR) is 85.6 cm³/mol. The maximum absolute atomic E-state index is 12.1. The molecule has 0 aliphatic heterocycles. The van der Waals surface area contributed by atoms with Crippen molar-refractivity contribution >= 4 is 29.9 Å². The first-order chi connectivity index (χ1) is 9.41. The molecule has 0 heterocycles. The van der Waals surface area contributed by atoms with Crippen molar-refractivity contribution in [3.05, 3.63) is 29.8 Å². The van der Waals surface area contributed by atoms with Crippen molar-refractivity contribution in [3.63, 3.8) is 0 Å². The maximum Gasteiger partial charge on any atom is 0.251 e. The predicted octanol–water partition coefficient (Wildman–Crippen LogP) is 1.92. The minimum atomic E-state index is -0.454. The number of benzene rings is 1. The highest BCUT2D eigenvalue weighted by Crippen LogP contribution is 2.30. The lowest BCUT2D eigenvalue weighted by Gasteiger charge is -2.24. The van der Waals surface area contributed by atoms with Crippen LogP contribution in [0.5, 0.6) is 0 Å². The van der Waals surface area contributed by atoms with E-state index in [0.717, 1.165) is 12.8 Å². The van der Waals surface area contributed by atoms with Gasteiger partial charge in [-0.25, -0.2) is 0 Å². The van der Waals surface area contributed by atoms with Gasteiger partial charge in [-0.2, -0.15) is 0 Å². The quantitative estimate of drug-likeness (QED) is 0.777. The summed E-state index contributed by atoms with van der Waals surface area (Å²) in [7, 11) is 0. The molecule has 5 nitrogen and oxygen atoms in total. The molecule has 0 spiro atoms. The van der Waals surface area contributed by atoms with Crippen molar-refractivity contribution in [2.75, 3.05) is 11.9 Å². The van der Waals surface area contributed by atoms with Gasteiger partial charge in [0.05, 0.1) is 0 Å². The number of amides is 2. The van der Waals surface area contributed by atoms with E-state index in [1.807, 2.05) is 13.8 Å². The van der Waals surface area contributed by atoms with Crippen LogP contribution in [0.3, 0.4) is 0 Å². The van der Waals surface area contributed by atoms with Gasteiger partial charge in [0, 0.05) is 29.3 Å². The Bertz CT molecular complexity index is 527. The number of carbonyl (C=O) groups excluding carboxylic acids is 2. The summed E-state index contributed by atoms with van der Waals surface area (Å²) in [4.78, 5) is 23.8. The second-order valence-electron chi connectivity index (χ2n) is 5.89. The summed E-state index contributed by atoms with van der Waals surface area (Å²) in [5, 5.41) is 5.69. The Balaban J connectivity index is 0.00000220. The highest BCUT2D eigenvalue weighted by Gasteiger charge is 2.29. The lowest BCUT2D eigenvalue weighted by molar-refractivity contribution is -0.117. The Labute approximate surface area is 131 Å². The van der Waals surface area contributed by atoms with E-state index in [1.54, 1.807) is 24.3 Å². The Morgan fingerprint density at radius 1 is 1.33 bits per heavy atom. The van der Waals surface area contributed by atoms with Crippen molar-refractivity contribution in [3.8, 4) is 0 Å². The van der Waals surface area contributed by atoms with E-state index in [1.165, 1.54) is 0 Å². The third-order valence-electron chi connectivity index (χ3n) is 3.30. The SMILES string of the molecule is CC(C)(CN)NC(=O)c1cccc(NC(=O)C2CC2)c1.Cl. The Hall–Kier alpha value is -1.59. The number of halogens is 1. The topological polar surface area (TPSA) is 84.2 Å². The van der Waals surface area contributed by atoms with Gasteiger partial charge in [0.1, 0.15) is 0 Å². The fraction of sp³-hybridized carbons (Fsp3) is 0.467. The van der Waals surface area contributed by atoms with E-state index in [2.05, 4.69) is 10.6 Å². The fourth-order valence-corrected chi connectivity index (χ4v) is 1.76. The molecule has 1 aliphatic carbocycles. The average Bonchev–Trinajstić information content (AvgIpc) is 3.23. The summed E-state index contributed by atoms with van der Waals surface area (Å²) in [5.41, 5.74) is 6.31. The zero-order chi connectivity index (χ0) is 14.8. The maximum atomic E-state index is 12.1. The highest BCUT2D eigenvalue weighted by atomic mass is 35.5. The molecule has 6 heteroatoms. The fourth-order valence-electron chi connectivity index (χ4n) is 1.76. The van der Waals surface area contributed by atoms with E-state index >= 15 is 0 Å². The Morgan fingerprint density at radius 3 is 2.57 bits per heavy atom. The monoisotopic (exact) mass is 311 g/mol. The third kappa shape index (κ3) is 5.02. The van der Waals surface area contributed by atoms with Gasteiger partial charge in [0.2, 0.25) is 5.91 Å². The molecule has 2 rings (SSSR count). The van der Waals surface area contributed by atoms with Gasteiger partial charge < -0.3 is 16.4 Å². The summed E-state index contributed by atoms with van der Waals surface area (Å²) in [6.45, 7) is 4.09. The number of nitrogens with one attached hydrogen (secondary N) is 2. The molecule has 21 heavy (non-hydrogen) atoms. The van der Waals surface area contributed by atoms with Gasteiger partial charge in [-0.1, -0.05) is 6.07 Å². The van der Waals surface area contributed by atoms with E-state index in [-0.39, 0.29) is 30.1 Å². The standard InChI is InChI=1S/C15H21N3O2.ClH/c1-15(2,9-16)18-14(20)11-4-3-5-12(8-11)17-13(19)10-6-7-10;/h3-5,8,10H,6-7,9,16H2,1-2H3,(H,17,19)(H,18,20);1H. The second kappa shape index (κ2) is 6.91. The molecular formula is C15H22ClN3O2. The number of nitrogens with two attached hydrogens (primary N) is 1. The zero-order valence-electron chi connectivity index (χ0n) is 12.3. The van der Waals surface area contributed by atoms with Gasteiger partial charge in [-0.05, 0) is 44.9 Å².